The van der Waals surface area contributed by atoms with Crippen LogP contribution in [0.3, 0.4) is 0 Å². The Labute approximate surface area is 73.0 Å². The molecule has 0 amide bonds. The molecule has 0 nitrogen and oxygen atoms in total. The van der Waals surface area contributed by atoms with Gasteiger partial charge < -0.3 is 0 Å². The topological polar surface area (TPSA) is 0 Å². The smallest absolute Gasteiger partial charge is 0.173 e. The average Bonchev–Trinajstić information content (AvgIpc) is 2.02. The molecule has 0 aliphatic rings. The molecule has 0 aliphatic carbocycles. The van der Waals surface area contributed by atoms with E-state index in [1.54, 1.807) is 6.08 Å². The first-order valence-electron chi connectivity index (χ1n) is 4.24. The molecule has 0 aromatic heterocycles. The Morgan fingerprint density at radius 2 is 1.92 bits per heavy atom. The van der Waals surface area contributed by atoms with Gasteiger partial charge in [0.2, 0.25) is 0 Å². The summed E-state index contributed by atoms with van der Waals surface area (Å²) in [6, 6.07) is 0. The summed E-state index contributed by atoms with van der Waals surface area (Å²) in [5.74, 6) is 0. The zero-order valence-corrected chi connectivity index (χ0v) is 7.23. The second-order valence-electron chi connectivity index (χ2n) is 2.59. The first kappa shape index (κ1) is 11.3. The number of halogens is 2. The van der Waals surface area contributed by atoms with Gasteiger partial charge in [-0.1, -0.05) is 38.3 Å². The Kier molecular flexibility index (Phi) is 7.97. The molecule has 0 aromatic rings. The fraction of sp³-hybridized carbons (Fsp3) is 0.500. The molecule has 0 saturated heterocycles. The molecule has 69 valence electrons. The predicted octanol–water partition coefficient (Wildman–Crippen LogP) is 4.11. The van der Waals surface area contributed by atoms with Gasteiger partial charge in [-0.15, -0.1) is 0 Å². The molecule has 0 bridgehead atoms. The third kappa shape index (κ3) is 9.34. The fourth-order valence-corrected chi connectivity index (χ4v) is 0.853. The van der Waals surface area contributed by atoms with Crippen LogP contribution in [0.15, 0.2) is 24.3 Å². The van der Waals surface area contributed by atoms with E-state index in [9.17, 15) is 8.78 Å². The van der Waals surface area contributed by atoms with E-state index in [1.165, 1.54) is 6.08 Å². The first-order chi connectivity index (χ1) is 5.77. The second-order valence-corrected chi connectivity index (χ2v) is 2.59. The summed E-state index contributed by atoms with van der Waals surface area (Å²) in [4.78, 5) is 0. The van der Waals surface area contributed by atoms with Crippen LogP contribution in [0.5, 0.6) is 0 Å². The van der Waals surface area contributed by atoms with E-state index in [0.29, 0.717) is 0 Å². The van der Waals surface area contributed by atoms with Gasteiger partial charge in [-0.05, 0) is 12.8 Å². The lowest BCUT2D eigenvalue weighted by molar-refractivity contribution is 0.422. The summed E-state index contributed by atoms with van der Waals surface area (Å²) in [5, 5.41) is 0. The maximum absolute atomic E-state index is 11.5. The lowest BCUT2D eigenvalue weighted by Crippen LogP contribution is -1.73. The lowest BCUT2D eigenvalue weighted by atomic mass is 10.1. The Morgan fingerprint density at radius 1 is 1.17 bits per heavy atom. The molecule has 0 heterocycles. The molecule has 1 radical (unpaired) electrons. The van der Waals surface area contributed by atoms with Gasteiger partial charge in [-0.3, -0.25) is 0 Å². The van der Waals surface area contributed by atoms with Crippen molar-refractivity contribution in [1.29, 1.82) is 0 Å². The van der Waals surface area contributed by atoms with E-state index >= 15 is 0 Å². The number of hydrogen-bond acceptors (Lipinski definition) is 0. The van der Waals surface area contributed by atoms with Gasteiger partial charge in [0.1, 0.15) is 0 Å². The molecule has 0 aliphatic heterocycles. The van der Waals surface area contributed by atoms with Crippen molar-refractivity contribution in [2.75, 3.05) is 0 Å². The van der Waals surface area contributed by atoms with Crippen LogP contribution in [0.2, 0.25) is 0 Å². The Hall–Kier alpha value is -0.660. The standard InChI is InChI=1S/C10H15F2/c1-2-3-4-5-6-7-8-9-10(11)12/h7-9H,1-6H2/b8-7+. The molecule has 0 unspecified atom stereocenters. The van der Waals surface area contributed by atoms with Crippen molar-refractivity contribution in [3.63, 3.8) is 0 Å². The summed E-state index contributed by atoms with van der Waals surface area (Å²) >= 11 is 0. The van der Waals surface area contributed by atoms with E-state index in [4.69, 9.17) is 0 Å². The van der Waals surface area contributed by atoms with E-state index in [0.717, 1.165) is 38.2 Å². The number of unbranched alkanes of at least 4 members (excludes halogenated alkanes) is 4. The normalized spacial score (nSPS) is 10.6. The minimum Gasteiger partial charge on any atom is -0.173 e. The van der Waals surface area contributed by atoms with Crippen molar-refractivity contribution in [3.8, 4) is 0 Å². The Balaban J connectivity index is 3.19. The Bertz CT molecular complexity index is 144. The van der Waals surface area contributed by atoms with Gasteiger partial charge in [-0.25, -0.2) is 0 Å². The predicted molar refractivity (Wildman–Crippen MR) is 47.9 cm³/mol. The molecule has 0 N–H and O–H groups in total. The fourth-order valence-electron chi connectivity index (χ4n) is 0.853. The highest BCUT2D eigenvalue weighted by Gasteiger charge is 1.84. The SMILES string of the molecule is [CH2]CCCCC/C=C/C=C(F)F. The van der Waals surface area contributed by atoms with Gasteiger partial charge >= 0.3 is 0 Å². The summed E-state index contributed by atoms with van der Waals surface area (Å²) in [5.41, 5.74) is 0. The van der Waals surface area contributed by atoms with Crippen molar-refractivity contribution >= 4 is 0 Å². The van der Waals surface area contributed by atoms with E-state index in [2.05, 4.69) is 6.92 Å². The van der Waals surface area contributed by atoms with Crippen LogP contribution >= 0.6 is 0 Å². The van der Waals surface area contributed by atoms with Crippen LogP contribution in [0, 0.1) is 6.92 Å². The minimum atomic E-state index is -1.64. The molecule has 0 atom stereocenters. The van der Waals surface area contributed by atoms with Crippen molar-refractivity contribution in [1.82, 2.24) is 0 Å². The lowest BCUT2D eigenvalue weighted by Gasteiger charge is -1.92. The minimum absolute atomic E-state index is 0.821. The summed E-state index contributed by atoms with van der Waals surface area (Å²) in [7, 11) is 0. The van der Waals surface area contributed by atoms with Gasteiger partial charge in [0.15, 0.2) is 0 Å². The van der Waals surface area contributed by atoms with E-state index in [1.807, 2.05) is 0 Å². The number of allylic oxidation sites excluding steroid dienone is 3. The third-order valence-electron chi connectivity index (χ3n) is 1.48. The molecule has 0 aromatic carbocycles. The van der Waals surface area contributed by atoms with Crippen molar-refractivity contribution in [2.45, 2.75) is 32.1 Å². The number of hydrogen-bond donors (Lipinski definition) is 0. The zero-order chi connectivity index (χ0) is 9.23. The Morgan fingerprint density at radius 3 is 2.50 bits per heavy atom. The first-order valence-corrected chi connectivity index (χ1v) is 4.24. The summed E-state index contributed by atoms with van der Waals surface area (Å²) in [6.07, 6.45) is 7.52. The molecule has 0 saturated carbocycles. The van der Waals surface area contributed by atoms with Crippen molar-refractivity contribution in [2.24, 2.45) is 0 Å². The van der Waals surface area contributed by atoms with Crippen LogP contribution in [-0.4, -0.2) is 0 Å². The highest BCUT2D eigenvalue weighted by molar-refractivity contribution is 5.02. The third-order valence-corrected chi connectivity index (χ3v) is 1.48. The van der Waals surface area contributed by atoms with Gasteiger partial charge in [0, 0.05) is 6.08 Å². The van der Waals surface area contributed by atoms with Crippen molar-refractivity contribution < 1.29 is 8.78 Å². The molecule has 0 spiro atoms. The van der Waals surface area contributed by atoms with Crippen molar-refractivity contribution in [3.05, 3.63) is 31.2 Å². The zero-order valence-electron chi connectivity index (χ0n) is 7.23. The van der Waals surface area contributed by atoms with E-state index < -0.39 is 6.08 Å². The number of rotatable bonds is 6. The van der Waals surface area contributed by atoms with Gasteiger partial charge in [0.25, 0.3) is 6.08 Å². The van der Waals surface area contributed by atoms with Crippen LogP contribution in [0.4, 0.5) is 8.78 Å². The average molecular weight is 173 g/mol. The van der Waals surface area contributed by atoms with E-state index in [-0.39, 0.29) is 0 Å². The van der Waals surface area contributed by atoms with Gasteiger partial charge in [-0.2, -0.15) is 8.78 Å². The molecular weight excluding hydrogens is 158 g/mol. The quantitative estimate of drug-likeness (QED) is 0.419. The maximum atomic E-state index is 11.5. The molecule has 12 heavy (non-hydrogen) atoms. The summed E-state index contributed by atoms with van der Waals surface area (Å²) < 4.78 is 22.9. The highest BCUT2D eigenvalue weighted by atomic mass is 19.3. The van der Waals surface area contributed by atoms with Crippen LogP contribution in [0.1, 0.15) is 32.1 Å². The molecule has 2 heteroatoms. The molecule has 0 fully saturated rings. The highest BCUT2D eigenvalue weighted by Crippen LogP contribution is 2.03. The van der Waals surface area contributed by atoms with Crippen LogP contribution in [0.25, 0.3) is 0 Å². The summed E-state index contributed by atoms with van der Waals surface area (Å²) in [6.45, 7) is 3.72. The maximum Gasteiger partial charge on any atom is 0.270 e. The van der Waals surface area contributed by atoms with Gasteiger partial charge in [0.05, 0.1) is 0 Å². The largest absolute Gasteiger partial charge is 0.270 e. The molecule has 0 rings (SSSR count). The second kappa shape index (κ2) is 8.44. The molecular formula is C10H15F2. The van der Waals surface area contributed by atoms with Crippen LogP contribution < -0.4 is 0 Å². The monoisotopic (exact) mass is 173 g/mol. The van der Waals surface area contributed by atoms with Crippen LogP contribution in [-0.2, 0) is 0 Å².